The molecule has 0 spiro atoms. The Morgan fingerprint density at radius 3 is 2.68 bits per heavy atom. The third kappa shape index (κ3) is 2.93. The molecule has 1 aromatic rings. The van der Waals surface area contributed by atoms with Crippen molar-refractivity contribution in [3.8, 4) is 0 Å². The van der Waals surface area contributed by atoms with Crippen LogP contribution in [-0.4, -0.2) is 58.4 Å². The zero-order valence-corrected chi connectivity index (χ0v) is 12.6. The number of hydrogen-bond donors (Lipinski definition) is 1. The van der Waals surface area contributed by atoms with E-state index in [9.17, 15) is 4.79 Å². The molecule has 0 aliphatic carbocycles. The summed E-state index contributed by atoms with van der Waals surface area (Å²) < 4.78 is 16.2. The van der Waals surface area contributed by atoms with E-state index in [-0.39, 0.29) is 18.6 Å². The molecule has 1 aromatic carbocycles. The molecule has 0 saturated carbocycles. The topological polar surface area (TPSA) is 77.3 Å². The minimum Gasteiger partial charge on any atom is -0.370 e. The quantitative estimate of drug-likeness (QED) is 0.853. The Morgan fingerprint density at radius 2 is 2.05 bits per heavy atom. The van der Waals surface area contributed by atoms with Crippen LogP contribution in [0.15, 0.2) is 24.3 Å². The fourth-order valence-corrected chi connectivity index (χ4v) is 2.74. The van der Waals surface area contributed by atoms with Crippen molar-refractivity contribution in [1.29, 1.82) is 0 Å². The molecule has 120 valence electrons. The summed E-state index contributed by atoms with van der Waals surface area (Å²) in [4.78, 5) is 15.6. The average Bonchev–Trinajstić information content (AvgIpc) is 2.99. The van der Waals surface area contributed by atoms with E-state index >= 15 is 0 Å². The molecule has 2 atom stereocenters. The third-order valence-corrected chi connectivity index (χ3v) is 3.91. The molecule has 0 radical (unpaired) electrons. The summed E-state index contributed by atoms with van der Waals surface area (Å²) in [7, 11) is 1.61. The van der Waals surface area contributed by atoms with Gasteiger partial charge in [0, 0.05) is 31.6 Å². The third-order valence-electron chi connectivity index (χ3n) is 3.91. The molecule has 2 N–H and O–H groups in total. The Kier molecular flexibility index (Phi) is 4.58. The summed E-state index contributed by atoms with van der Waals surface area (Å²) in [6.07, 6.45) is -0.463. The number of nitrogens with two attached hydrogens (primary N) is 1. The monoisotopic (exact) mass is 307 g/mol. The Morgan fingerprint density at radius 1 is 1.32 bits per heavy atom. The number of nitrogens with zero attached hydrogens (tertiary/aromatic N) is 2. The summed E-state index contributed by atoms with van der Waals surface area (Å²) in [5.74, 6) is -0.0125. The lowest BCUT2D eigenvalue weighted by Gasteiger charge is -2.28. The molecule has 0 bridgehead atoms. The normalized spacial score (nSPS) is 25.8. The van der Waals surface area contributed by atoms with E-state index in [2.05, 4.69) is 0 Å². The molecule has 2 saturated heterocycles. The minimum absolute atomic E-state index is 0.0125. The van der Waals surface area contributed by atoms with E-state index in [0.717, 1.165) is 11.4 Å². The second kappa shape index (κ2) is 6.62. The second-order valence-electron chi connectivity index (χ2n) is 5.30. The number of anilines is 2. The fraction of sp³-hybridized carbons (Fsp3) is 0.533. The van der Waals surface area contributed by atoms with Crippen LogP contribution in [0.2, 0.25) is 0 Å². The molecule has 1 amide bonds. The van der Waals surface area contributed by atoms with Crippen molar-refractivity contribution >= 4 is 17.3 Å². The van der Waals surface area contributed by atoms with Crippen LogP contribution in [0.4, 0.5) is 11.4 Å². The van der Waals surface area contributed by atoms with Crippen molar-refractivity contribution in [3.05, 3.63) is 24.3 Å². The van der Waals surface area contributed by atoms with E-state index in [1.165, 1.54) is 0 Å². The van der Waals surface area contributed by atoms with Gasteiger partial charge in [-0.1, -0.05) is 0 Å². The maximum absolute atomic E-state index is 11.9. The minimum atomic E-state index is -0.426. The van der Waals surface area contributed by atoms with Crippen molar-refractivity contribution in [3.63, 3.8) is 0 Å². The number of amides is 1. The van der Waals surface area contributed by atoms with Crippen LogP contribution in [0.1, 0.15) is 0 Å². The van der Waals surface area contributed by atoms with Crippen LogP contribution in [0.3, 0.4) is 0 Å². The number of carbonyl (C=O) groups is 1. The molecule has 2 aliphatic heterocycles. The highest BCUT2D eigenvalue weighted by molar-refractivity contribution is 5.95. The van der Waals surface area contributed by atoms with Crippen LogP contribution < -0.4 is 15.5 Å². The summed E-state index contributed by atoms with van der Waals surface area (Å²) in [6, 6.07) is 7.79. The number of ether oxygens (including phenoxy) is 3. The first-order valence-corrected chi connectivity index (χ1v) is 7.36. The predicted octanol–water partition coefficient (Wildman–Crippen LogP) is 0.144. The number of rotatable bonds is 4. The summed E-state index contributed by atoms with van der Waals surface area (Å²) in [5.41, 5.74) is 7.52. The number of morpholine rings is 1. The Labute approximate surface area is 129 Å². The maximum atomic E-state index is 11.9. The fourth-order valence-electron chi connectivity index (χ4n) is 2.74. The molecule has 2 fully saturated rings. The highest BCUT2D eigenvalue weighted by atomic mass is 16.7. The molecule has 7 nitrogen and oxygen atoms in total. The van der Waals surface area contributed by atoms with E-state index in [4.69, 9.17) is 19.9 Å². The van der Waals surface area contributed by atoms with Gasteiger partial charge in [0.2, 0.25) is 6.41 Å². The lowest BCUT2D eigenvalue weighted by Crippen LogP contribution is -2.41. The first-order chi connectivity index (χ1) is 10.7. The van der Waals surface area contributed by atoms with Crippen molar-refractivity contribution in [2.24, 2.45) is 5.73 Å². The highest BCUT2D eigenvalue weighted by Gasteiger charge is 2.32. The summed E-state index contributed by atoms with van der Waals surface area (Å²) in [5, 5.41) is 0. The van der Waals surface area contributed by atoms with Crippen LogP contribution >= 0.6 is 0 Å². The smallest absolute Gasteiger partial charge is 0.253 e. The van der Waals surface area contributed by atoms with Gasteiger partial charge in [0.05, 0.1) is 19.3 Å². The average molecular weight is 307 g/mol. The zero-order chi connectivity index (χ0) is 15.5. The van der Waals surface area contributed by atoms with Gasteiger partial charge in [0.1, 0.15) is 6.61 Å². The lowest BCUT2D eigenvalue weighted by molar-refractivity contribution is -0.125. The molecule has 3 rings (SSSR count). The highest BCUT2D eigenvalue weighted by Crippen LogP contribution is 2.27. The van der Waals surface area contributed by atoms with Gasteiger partial charge in [-0.3, -0.25) is 4.79 Å². The zero-order valence-electron chi connectivity index (χ0n) is 12.6. The van der Waals surface area contributed by atoms with Gasteiger partial charge < -0.3 is 29.7 Å². The van der Waals surface area contributed by atoms with Crippen molar-refractivity contribution < 1.29 is 19.0 Å². The Balaban J connectivity index is 1.75. The molecular weight excluding hydrogens is 286 g/mol. The predicted molar refractivity (Wildman–Crippen MR) is 81.7 cm³/mol. The standard InChI is InChI=1S/C15H21N3O4/c1-20-15-18(9-13(8-16)22-15)12-4-2-11(3-5-12)17-6-7-21-10-14(17)19/h2-5,13,15H,6-10,16H2,1H3/t13-,15?/m0/s1. The number of methoxy groups -OCH3 is 1. The molecule has 22 heavy (non-hydrogen) atoms. The van der Waals surface area contributed by atoms with Crippen LogP contribution in [0, 0.1) is 0 Å². The van der Waals surface area contributed by atoms with Crippen LogP contribution in [0.25, 0.3) is 0 Å². The van der Waals surface area contributed by atoms with E-state index in [1.54, 1.807) is 12.0 Å². The number of hydrogen-bond acceptors (Lipinski definition) is 6. The Bertz CT molecular complexity index is 522. The molecular formula is C15H21N3O4. The van der Waals surface area contributed by atoms with Crippen molar-refractivity contribution in [2.75, 3.05) is 49.8 Å². The first-order valence-electron chi connectivity index (χ1n) is 7.36. The van der Waals surface area contributed by atoms with E-state index in [0.29, 0.717) is 26.2 Å². The van der Waals surface area contributed by atoms with Crippen LogP contribution in [-0.2, 0) is 19.0 Å². The summed E-state index contributed by atoms with van der Waals surface area (Å²) in [6.45, 7) is 2.44. The van der Waals surface area contributed by atoms with Crippen LogP contribution in [0.5, 0.6) is 0 Å². The SMILES string of the molecule is COC1O[C@@H](CN)CN1c1ccc(N2CCOCC2=O)cc1. The van der Waals surface area contributed by atoms with Gasteiger partial charge in [-0.05, 0) is 24.3 Å². The molecule has 7 heteroatoms. The van der Waals surface area contributed by atoms with Gasteiger partial charge in [-0.25, -0.2) is 0 Å². The lowest BCUT2D eigenvalue weighted by atomic mass is 10.2. The van der Waals surface area contributed by atoms with Gasteiger partial charge in [0.25, 0.3) is 5.91 Å². The van der Waals surface area contributed by atoms with Gasteiger partial charge in [-0.15, -0.1) is 0 Å². The van der Waals surface area contributed by atoms with Gasteiger partial charge in [0.15, 0.2) is 0 Å². The van der Waals surface area contributed by atoms with E-state index in [1.807, 2.05) is 29.2 Å². The molecule has 0 aromatic heterocycles. The van der Waals surface area contributed by atoms with Crippen molar-refractivity contribution in [2.45, 2.75) is 12.5 Å². The second-order valence-corrected chi connectivity index (χ2v) is 5.30. The largest absolute Gasteiger partial charge is 0.370 e. The number of carbonyl (C=O) groups excluding carboxylic acids is 1. The van der Waals surface area contributed by atoms with Crippen molar-refractivity contribution in [1.82, 2.24) is 0 Å². The first kappa shape index (κ1) is 15.2. The Hall–Kier alpha value is -1.67. The number of benzene rings is 1. The summed E-state index contributed by atoms with van der Waals surface area (Å²) >= 11 is 0. The molecule has 2 heterocycles. The van der Waals surface area contributed by atoms with Gasteiger partial charge >= 0.3 is 0 Å². The molecule has 2 aliphatic rings. The maximum Gasteiger partial charge on any atom is 0.253 e. The van der Waals surface area contributed by atoms with Gasteiger partial charge in [-0.2, -0.15) is 0 Å². The molecule has 1 unspecified atom stereocenters. The van der Waals surface area contributed by atoms with E-state index < -0.39 is 6.41 Å².